The number of halogens is 1. The molecule has 0 aliphatic heterocycles. The van der Waals surface area contributed by atoms with Gasteiger partial charge in [-0.15, -0.1) is 0 Å². The summed E-state index contributed by atoms with van der Waals surface area (Å²) in [5.74, 6) is -0.302. The molecule has 0 atom stereocenters. The normalized spacial score (nSPS) is 10.5. The van der Waals surface area contributed by atoms with Gasteiger partial charge in [-0.05, 0) is 36.2 Å². The summed E-state index contributed by atoms with van der Waals surface area (Å²) < 4.78 is 15.4. The molecule has 0 spiro atoms. The van der Waals surface area contributed by atoms with Crippen LogP contribution in [0.4, 0.5) is 14.9 Å². The number of aryl methyl sites for hydroxylation is 1. The van der Waals surface area contributed by atoms with E-state index in [-0.39, 0.29) is 11.8 Å². The quantitative estimate of drug-likeness (QED) is 0.694. The highest BCUT2D eigenvalue weighted by Gasteiger charge is 2.14. The van der Waals surface area contributed by atoms with Gasteiger partial charge in [-0.2, -0.15) is 0 Å². The van der Waals surface area contributed by atoms with Gasteiger partial charge in [-0.25, -0.2) is 14.2 Å². The number of imidazole rings is 1. The van der Waals surface area contributed by atoms with E-state index in [4.69, 9.17) is 0 Å². The third-order valence-electron chi connectivity index (χ3n) is 3.98. The number of carbonyl (C=O) groups is 1. The first-order valence-corrected chi connectivity index (χ1v) is 8.52. The predicted octanol–water partition coefficient (Wildman–Crippen LogP) is 4.15. The molecule has 1 heterocycles. The second kappa shape index (κ2) is 8.80. The Kier molecular flexibility index (Phi) is 5.98. The zero-order valence-corrected chi connectivity index (χ0v) is 14.4. The van der Waals surface area contributed by atoms with Crippen molar-refractivity contribution >= 4 is 11.7 Å². The van der Waals surface area contributed by atoms with Crippen LogP contribution in [-0.4, -0.2) is 27.0 Å². The molecule has 0 fully saturated rings. The first-order valence-electron chi connectivity index (χ1n) is 8.52. The number of hydrogen-bond donors (Lipinski definition) is 1. The zero-order valence-electron chi connectivity index (χ0n) is 14.4. The number of para-hydroxylation sites is 1. The number of nitrogens with zero attached hydrogens (tertiary/aromatic N) is 3. The maximum atomic E-state index is 13.5. The summed E-state index contributed by atoms with van der Waals surface area (Å²) in [5, 5.41) is 2.89. The molecule has 5 nitrogen and oxygen atoms in total. The lowest BCUT2D eigenvalue weighted by Gasteiger charge is -2.23. The number of amides is 2. The summed E-state index contributed by atoms with van der Waals surface area (Å²) in [6, 6.07) is 15.4. The largest absolute Gasteiger partial charge is 0.337 e. The van der Waals surface area contributed by atoms with Crippen molar-refractivity contribution in [1.29, 1.82) is 0 Å². The maximum Gasteiger partial charge on any atom is 0.322 e. The number of carbonyl (C=O) groups excluding carboxylic acids is 1. The second-order valence-corrected chi connectivity index (χ2v) is 6.00. The Labute approximate surface area is 152 Å². The van der Waals surface area contributed by atoms with Crippen LogP contribution < -0.4 is 5.32 Å². The summed E-state index contributed by atoms with van der Waals surface area (Å²) in [4.78, 5) is 18.4. The predicted molar refractivity (Wildman–Crippen MR) is 99.1 cm³/mol. The van der Waals surface area contributed by atoms with Gasteiger partial charge in [-0.1, -0.05) is 30.3 Å². The van der Waals surface area contributed by atoms with Crippen molar-refractivity contribution < 1.29 is 9.18 Å². The lowest BCUT2D eigenvalue weighted by molar-refractivity contribution is 0.207. The van der Waals surface area contributed by atoms with Crippen molar-refractivity contribution in [2.45, 2.75) is 19.5 Å². The minimum absolute atomic E-state index is 0.203. The molecule has 0 saturated heterocycles. The molecule has 0 bridgehead atoms. The molecule has 6 heteroatoms. The molecular weight excluding hydrogens is 331 g/mol. The Morgan fingerprint density at radius 1 is 1.15 bits per heavy atom. The summed E-state index contributed by atoms with van der Waals surface area (Å²) in [6.07, 6.45) is 6.14. The molecule has 1 aromatic heterocycles. The van der Waals surface area contributed by atoms with Gasteiger partial charge in [-0.3, -0.25) is 0 Å². The Morgan fingerprint density at radius 2 is 2.00 bits per heavy atom. The van der Waals surface area contributed by atoms with E-state index in [0.29, 0.717) is 13.1 Å². The van der Waals surface area contributed by atoms with E-state index >= 15 is 0 Å². The highest BCUT2D eigenvalue weighted by molar-refractivity contribution is 5.89. The molecular formula is C20H21FN4O. The fraction of sp³-hybridized carbons (Fsp3) is 0.200. The SMILES string of the molecule is O=C(Nc1ccccc1)N(CCCn1ccnc1)Cc1cccc(F)c1. The Hall–Kier alpha value is -3.15. The van der Waals surface area contributed by atoms with Crippen LogP contribution in [0.15, 0.2) is 73.3 Å². The van der Waals surface area contributed by atoms with Crippen LogP contribution in [0.1, 0.15) is 12.0 Å². The van der Waals surface area contributed by atoms with E-state index < -0.39 is 0 Å². The van der Waals surface area contributed by atoms with Crippen molar-refractivity contribution in [2.24, 2.45) is 0 Å². The van der Waals surface area contributed by atoms with Crippen LogP contribution in [0.3, 0.4) is 0 Å². The average molecular weight is 352 g/mol. The van der Waals surface area contributed by atoms with Crippen LogP contribution in [0.5, 0.6) is 0 Å². The first kappa shape index (κ1) is 17.7. The number of benzene rings is 2. The Balaban J connectivity index is 1.66. The number of rotatable bonds is 7. The smallest absolute Gasteiger partial charge is 0.322 e. The van der Waals surface area contributed by atoms with E-state index in [9.17, 15) is 9.18 Å². The number of nitrogens with one attached hydrogen (secondary N) is 1. The fourth-order valence-electron chi connectivity index (χ4n) is 2.70. The molecule has 1 N–H and O–H groups in total. The molecule has 2 aromatic carbocycles. The highest BCUT2D eigenvalue weighted by atomic mass is 19.1. The molecule has 2 amide bonds. The molecule has 26 heavy (non-hydrogen) atoms. The van der Waals surface area contributed by atoms with E-state index in [0.717, 1.165) is 24.2 Å². The third-order valence-corrected chi connectivity index (χ3v) is 3.98. The Bertz CT molecular complexity index is 821. The lowest BCUT2D eigenvalue weighted by Crippen LogP contribution is -2.35. The Morgan fingerprint density at radius 3 is 2.73 bits per heavy atom. The van der Waals surface area contributed by atoms with Crippen molar-refractivity contribution in [1.82, 2.24) is 14.5 Å². The highest BCUT2D eigenvalue weighted by Crippen LogP contribution is 2.12. The van der Waals surface area contributed by atoms with Crippen molar-refractivity contribution in [3.63, 3.8) is 0 Å². The van der Waals surface area contributed by atoms with Crippen LogP contribution in [0.2, 0.25) is 0 Å². The summed E-state index contributed by atoms with van der Waals surface area (Å²) in [6.45, 7) is 1.66. The van der Waals surface area contributed by atoms with E-state index in [1.165, 1.54) is 12.1 Å². The van der Waals surface area contributed by atoms with Gasteiger partial charge in [0.1, 0.15) is 5.82 Å². The lowest BCUT2D eigenvalue weighted by atomic mass is 10.2. The molecule has 0 saturated carbocycles. The maximum absolute atomic E-state index is 13.5. The van der Waals surface area contributed by atoms with Gasteiger partial charge in [0.25, 0.3) is 0 Å². The van der Waals surface area contributed by atoms with Gasteiger partial charge >= 0.3 is 6.03 Å². The van der Waals surface area contributed by atoms with E-state index in [1.807, 2.05) is 47.2 Å². The third kappa shape index (κ3) is 5.17. The number of aromatic nitrogens is 2. The van der Waals surface area contributed by atoms with Crippen molar-refractivity contribution in [3.05, 3.63) is 84.7 Å². The fourth-order valence-corrected chi connectivity index (χ4v) is 2.70. The number of urea groups is 1. The number of anilines is 1. The molecule has 3 rings (SSSR count). The van der Waals surface area contributed by atoms with E-state index in [1.54, 1.807) is 23.5 Å². The topological polar surface area (TPSA) is 50.2 Å². The summed E-state index contributed by atoms with van der Waals surface area (Å²) in [5.41, 5.74) is 1.49. The second-order valence-electron chi connectivity index (χ2n) is 6.00. The standard InChI is InChI=1S/C20H21FN4O/c21-18-7-4-6-17(14-18)15-25(12-5-11-24-13-10-22-16-24)20(26)23-19-8-2-1-3-9-19/h1-4,6-10,13-14,16H,5,11-12,15H2,(H,23,26). The van der Waals surface area contributed by atoms with Gasteiger partial charge in [0.05, 0.1) is 6.33 Å². The first-order chi connectivity index (χ1) is 12.7. The van der Waals surface area contributed by atoms with Crippen molar-refractivity contribution in [3.8, 4) is 0 Å². The minimum Gasteiger partial charge on any atom is -0.337 e. The van der Waals surface area contributed by atoms with Gasteiger partial charge in [0, 0.05) is 37.7 Å². The molecule has 0 aliphatic rings. The van der Waals surface area contributed by atoms with Gasteiger partial charge < -0.3 is 14.8 Å². The molecule has 3 aromatic rings. The van der Waals surface area contributed by atoms with E-state index in [2.05, 4.69) is 10.3 Å². The molecule has 0 radical (unpaired) electrons. The van der Waals surface area contributed by atoms with Crippen molar-refractivity contribution in [2.75, 3.05) is 11.9 Å². The molecule has 134 valence electrons. The zero-order chi connectivity index (χ0) is 18.2. The average Bonchev–Trinajstić information content (AvgIpc) is 3.15. The van der Waals surface area contributed by atoms with Gasteiger partial charge in [0.2, 0.25) is 0 Å². The summed E-state index contributed by atoms with van der Waals surface area (Å²) >= 11 is 0. The van der Waals surface area contributed by atoms with Crippen LogP contribution in [-0.2, 0) is 13.1 Å². The van der Waals surface area contributed by atoms with Crippen LogP contribution in [0, 0.1) is 5.82 Å². The summed E-state index contributed by atoms with van der Waals surface area (Å²) in [7, 11) is 0. The molecule has 0 unspecified atom stereocenters. The van der Waals surface area contributed by atoms with Crippen LogP contribution in [0.25, 0.3) is 0 Å². The minimum atomic E-state index is -0.302. The molecule has 0 aliphatic carbocycles. The number of hydrogen-bond acceptors (Lipinski definition) is 2. The monoisotopic (exact) mass is 352 g/mol. The van der Waals surface area contributed by atoms with Gasteiger partial charge in [0.15, 0.2) is 0 Å². The van der Waals surface area contributed by atoms with Crippen LogP contribution >= 0.6 is 0 Å².